The van der Waals surface area contributed by atoms with E-state index in [0.717, 1.165) is 40.7 Å². The fraction of sp³-hybridized carbons (Fsp3) is 0.190. The quantitative estimate of drug-likeness (QED) is 0.550. The average molecular weight is 475 g/mol. The molecule has 0 aliphatic heterocycles. The summed E-state index contributed by atoms with van der Waals surface area (Å²) in [7, 11) is 0. The predicted molar refractivity (Wildman–Crippen MR) is 114 cm³/mol. The number of amides is 1. The summed E-state index contributed by atoms with van der Waals surface area (Å²) in [5.74, 6) is -1.07. The van der Waals surface area contributed by atoms with Crippen LogP contribution in [0.3, 0.4) is 0 Å². The molecule has 1 aliphatic rings. The Labute approximate surface area is 180 Å². The number of aromatic nitrogens is 2. The molecule has 148 valence electrons. The van der Waals surface area contributed by atoms with Gasteiger partial charge in [0.2, 0.25) is 0 Å². The smallest absolute Gasteiger partial charge is 0.359 e. The third kappa shape index (κ3) is 4.21. The van der Waals surface area contributed by atoms with Crippen molar-refractivity contribution in [3.63, 3.8) is 0 Å². The molecule has 1 aliphatic carbocycles. The van der Waals surface area contributed by atoms with Crippen molar-refractivity contribution in [2.24, 2.45) is 0 Å². The molecule has 1 N–H and O–H groups in total. The molecule has 1 amide bonds. The Morgan fingerprint density at radius 1 is 1.17 bits per heavy atom. The lowest BCUT2D eigenvalue weighted by Crippen LogP contribution is -2.21. The van der Waals surface area contributed by atoms with E-state index in [1.165, 1.54) is 0 Å². The minimum absolute atomic E-state index is 0.274. The lowest BCUT2D eigenvalue weighted by Gasteiger charge is -2.08. The van der Waals surface area contributed by atoms with E-state index in [1.807, 2.05) is 30.3 Å². The van der Waals surface area contributed by atoms with Crippen LogP contribution >= 0.6 is 27.5 Å². The molecular weight excluding hydrogens is 458 g/mol. The summed E-state index contributed by atoms with van der Waals surface area (Å²) in [6.07, 6.45) is 2.59. The van der Waals surface area contributed by atoms with Gasteiger partial charge in [-0.05, 0) is 49.6 Å². The number of benzene rings is 2. The Hall–Kier alpha value is -2.64. The number of carbonyl (C=O) groups excluding carboxylic acids is 2. The van der Waals surface area contributed by atoms with Gasteiger partial charge in [-0.25, -0.2) is 9.48 Å². The molecule has 1 aromatic heterocycles. The molecule has 1 heterocycles. The minimum Gasteiger partial charge on any atom is -0.451 e. The van der Waals surface area contributed by atoms with E-state index < -0.39 is 18.5 Å². The zero-order valence-electron chi connectivity index (χ0n) is 15.3. The van der Waals surface area contributed by atoms with E-state index in [0.29, 0.717) is 10.7 Å². The zero-order chi connectivity index (χ0) is 20.4. The van der Waals surface area contributed by atoms with Crippen molar-refractivity contribution in [1.82, 2.24) is 9.78 Å². The topological polar surface area (TPSA) is 73.2 Å². The SMILES string of the molecule is O=C(COC(=O)c1nn(-c2ccccc2)c2c1CCC2)Nc1ccc(Br)cc1Cl. The van der Waals surface area contributed by atoms with Crippen molar-refractivity contribution in [3.05, 3.63) is 75.0 Å². The number of carbonyl (C=O) groups is 2. The third-order valence-corrected chi connectivity index (χ3v) is 5.47. The molecule has 8 heteroatoms. The number of hydrogen-bond acceptors (Lipinski definition) is 4. The normalized spacial score (nSPS) is 12.5. The number of halogens is 2. The number of nitrogens with zero attached hydrogens (tertiary/aromatic N) is 2. The molecular formula is C21H17BrClN3O3. The van der Waals surface area contributed by atoms with Crippen molar-refractivity contribution in [1.29, 1.82) is 0 Å². The van der Waals surface area contributed by atoms with Gasteiger partial charge in [0.1, 0.15) is 0 Å². The molecule has 4 rings (SSSR count). The molecule has 0 radical (unpaired) electrons. The van der Waals surface area contributed by atoms with Crippen molar-refractivity contribution in [2.45, 2.75) is 19.3 Å². The fourth-order valence-electron chi connectivity index (χ4n) is 3.36. The lowest BCUT2D eigenvalue weighted by atomic mass is 10.2. The Balaban J connectivity index is 1.46. The Kier molecular flexibility index (Phi) is 5.69. The highest BCUT2D eigenvalue weighted by Crippen LogP contribution is 2.28. The fourth-order valence-corrected chi connectivity index (χ4v) is 4.08. The molecule has 6 nitrogen and oxygen atoms in total. The zero-order valence-corrected chi connectivity index (χ0v) is 17.7. The summed E-state index contributed by atoms with van der Waals surface area (Å²) in [6, 6.07) is 14.8. The third-order valence-electron chi connectivity index (χ3n) is 4.66. The number of ether oxygens (including phenoxy) is 1. The monoisotopic (exact) mass is 473 g/mol. The van der Waals surface area contributed by atoms with E-state index in [-0.39, 0.29) is 5.69 Å². The highest BCUT2D eigenvalue weighted by molar-refractivity contribution is 9.10. The first-order chi connectivity index (χ1) is 14.0. The number of fused-ring (bicyclic) bond motifs is 1. The second-order valence-corrected chi connectivity index (χ2v) is 7.95. The number of nitrogens with one attached hydrogen (secondary N) is 1. The van der Waals surface area contributed by atoms with Gasteiger partial charge in [0.05, 0.1) is 16.4 Å². The molecule has 0 bridgehead atoms. The molecule has 0 unspecified atom stereocenters. The standard InChI is InChI=1S/C21H17BrClN3O3/c22-13-9-10-17(16(23)11-13)24-19(27)12-29-21(28)20-15-7-4-8-18(15)26(25-20)14-5-2-1-3-6-14/h1-3,5-6,9-11H,4,7-8,12H2,(H,24,27). The highest BCUT2D eigenvalue weighted by Gasteiger charge is 2.28. The molecule has 0 fully saturated rings. The number of para-hydroxylation sites is 1. The molecule has 3 aromatic rings. The number of rotatable bonds is 5. The van der Waals surface area contributed by atoms with Gasteiger partial charge < -0.3 is 10.1 Å². The van der Waals surface area contributed by atoms with E-state index in [1.54, 1.807) is 22.9 Å². The van der Waals surface area contributed by atoms with Crippen molar-refractivity contribution >= 4 is 45.1 Å². The molecule has 0 saturated heterocycles. The van der Waals surface area contributed by atoms with Crippen LogP contribution in [0.2, 0.25) is 5.02 Å². The van der Waals surface area contributed by atoms with E-state index in [2.05, 4.69) is 26.3 Å². The van der Waals surface area contributed by atoms with Gasteiger partial charge in [-0.1, -0.05) is 45.7 Å². The van der Waals surface area contributed by atoms with Gasteiger partial charge in [-0.3, -0.25) is 4.79 Å². The van der Waals surface area contributed by atoms with E-state index >= 15 is 0 Å². The Morgan fingerprint density at radius 3 is 2.72 bits per heavy atom. The van der Waals surface area contributed by atoms with Crippen LogP contribution in [0.15, 0.2) is 53.0 Å². The number of esters is 1. The summed E-state index contributed by atoms with van der Waals surface area (Å²) in [6.45, 7) is -0.418. The summed E-state index contributed by atoms with van der Waals surface area (Å²) >= 11 is 9.40. The Morgan fingerprint density at radius 2 is 1.97 bits per heavy atom. The molecule has 0 spiro atoms. The van der Waals surface area contributed by atoms with Gasteiger partial charge in [0.15, 0.2) is 12.3 Å². The first kappa shape index (κ1) is 19.7. The lowest BCUT2D eigenvalue weighted by molar-refractivity contribution is -0.119. The minimum atomic E-state index is -0.602. The number of anilines is 1. The van der Waals surface area contributed by atoms with Gasteiger partial charge in [-0.2, -0.15) is 5.10 Å². The van der Waals surface area contributed by atoms with E-state index in [9.17, 15) is 9.59 Å². The number of hydrogen-bond donors (Lipinski definition) is 1. The maximum absolute atomic E-state index is 12.6. The molecule has 2 aromatic carbocycles. The summed E-state index contributed by atoms with van der Waals surface area (Å²) in [4.78, 5) is 24.8. The van der Waals surface area contributed by atoms with Crippen LogP contribution < -0.4 is 5.32 Å². The molecule has 0 atom stereocenters. The summed E-state index contributed by atoms with van der Waals surface area (Å²) < 4.78 is 7.81. The largest absolute Gasteiger partial charge is 0.451 e. The molecule has 0 saturated carbocycles. The average Bonchev–Trinajstić information content (AvgIpc) is 3.32. The van der Waals surface area contributed by atoms with Crippen LogP contribution in [0.4, 0.5) is 5.69 Å². The van der Waals surface area contributed by atoms with Crippen LogP contribution in [-0.4, -0.2) is 28.3 Å². The summed E-state index contributed by atoms with van der Waals surface area (Å²) in [5.41, 5.74) is 3.54. The first-order valence-electron chi connectivity index (χ1n) is 9.11. The van der Waals surface area contributed by atoms with Crippen LogP contribution in [0.1, 0.15) is 28.2 Å². The Bertz CT molecular complexity index is 1080. The van der Waals surface area contributed by atoms with E-state index in [4.69, 9.17) is 16.3 Å². The van der Waals surface area contributed by atoms with Crippen LogP contribution in [0.5, 0.6) is 0 Å². The molecule has 29 heavy (non-hydrogen) atoms. The van der Waals surface area contributed by atoms with Gasteiger partial charge >= 0.3 is 5.97 Å². The van der Waals surface area contributed by atoms with Crippen LogP contribution in [0.25, 0.3) is 5.69 Å². The van der Waals surface area contributed by atoms with Gasteiger partial charge in [-0.15, -0.1) is 0 Å². The van der Waals surface area contributed by atoms with Crippen LogP contribution in [0, 0.1) is 0 Å². The maximum atomic E-state index is 12.6. The highest BCUT2D eigenvalue weighted by atomic mass is 79.9. The predicted octanol–water partition coefficient (Wildman–Crippen LogP) is 4.57. The first-order valence-corrected chi connectivity index (χ1v) is 10.3. The van der Waals surface area contributed by atoms with Crippen molar-refractivity contribution in [2.75, 3.05) is 11.9 Å². The summed E-state index contributed by atoms with van der Waals surface area (Å²) in [5, 5.41) is 7.49. The van der Waals surface area contributed by atoms with Crippen molar-refractivity contribution in [3.8, 4) is 5.69 Å². The second kappa shape index (κ2) is 8.39. The maximum Gasteiger partial charge on any atom is 0.359 e. The van der Waals surface area contributed by atoms with Crippen molar-refractivity contribution < 1.29 is 14.3 Å². The van der Waals surface area contributed by atoms with Gasteiger partial charge in [0, 0.05) is 15.7 Å². The second-order valence-electron chi connectivity index (χ2n) is 6.62. The van der Waals surface area contributed by atoms with Crippen LogP contribution in [-0.2, 0) is 22.4 Å². The van der Waals surface area contributed by atoms with Gasteiger partial charge in [0.25, 0.3) is 5.91 Å².